The van der Waals surface area contributed by atoms with E-state index in [1.807, 2.05) is 6.92 Å². The SMILES string of the molecule is CCCNCc1cccc(S(=O)(=O)N(C)CC(F)F)c1. The van der Waals surface area contributed by atoms with Crippen molar-refractivity contribution in [3.8, 4) is 0 Å². The number of nitrogens with one attached hydrogen (secondary N) is 1. The molecule has 0 atom stereocenters. The van der Waals surface area contributed by atoms with Crippen molar-refractivity contribution in [2.24, 2.45) is 0 Å². The van der Waals surface area contributed by atoms with Gasteiger partial charge in [0, 0.05) is 13.6 Å². The molecule has 0 aromatic heterocycles. The van der Waals surface area contributed by atoms with Crippen LogP contribution in [0.2, 0.25) is 0 Å². The maximum absolute atomic E-state index is 12.3. The van der Waals surface area contributed by atoms with Gasteiger partial charge in [-0.15, -0.1) is 0 Å². The number of hydrogen-bond acceptors (Lipinski definition) is 3. The minimum atomic E-state index is -3.86. The molecular weight excluding hydrogens is 286 g/mol. The fraction of sp³-hybridized carbons (Fsp3) is 0.538. The molecule has 0 heterocycles. The summed E-state index contributed by atoms with van der Waals surface area (Å²) in [7, 11) is -2.71. The van der Waals surface area contributed by atoms with Gasteiger partial charge in [-0.2, -0.15) is 4.31 Å². The maximum Gasteiger partial charge on any atom is 0.252 e. The van der Waals surface area contributed by atoms with E-state index in [1.54, 1.807) is 12.1 Å². The maximum atomic E-state index is 12.3. The van der Waals surface area contributed by atoms with E-state index in [2.05, 4.69) is 5.32 Å². The second kappa shape index (κ2) is 7.66. The normalized spacial score (nSPS) is 12.3. The number of halogens is 2. The van der Waals surface area contributed by atoms with Crippen molar-refractivity contribution in [1.82, 2.24) is 9.62 Å². The lowest BCUT2D eigenvalue weighted by Crippen LogP contribution is -2.31. The predicted molar refractivity (Wildman–Crippen MR) is 74.3 cm³/mol. The first-order valence-corrected chi connectivity index (χ1v) is 7.86. The number of sulfonamides is 1. The molecule has 0 bridgehead atoms. The lowest BCUT2D eigenvalue weighted by Gasteiger charge is -2.17. The minimum Gasteiger partial charge on any atom is -0.313 e. The average Bonchev–Trinajstić information content (AvgIpc) is 2.38. The molecule has 7 heteroatoms. The van der Waals surface area contributed by atoms with Crippen LogP contribution < -0.4 is 5.32 Å². The zero-order valence-corrected chi connectivity index (χ0v) is 12.5. The molecular formula is C13H20F2N2O2S. The van der Waals surface area contributed by atoms with Gasteiger partial charge < -0.3 is 5.32 Å². The molecule has 1 aromatic rings. The Balaban J connectivity index is 2.87. The second-order valence-electron chi connectivity index (χ2n) is 4.50. The summed E-state index contributed by atoms with van der Waals surface area (Å²) >= 11 is 0. The summed E-state index contributed by atoms with van der Waals surface area (Å²) in [6.07, 6.45) is -1.71. The third-order valence-corrected chi connectivity index (χ3v) is 4.58. The Morgan fingerprint density at radius 3 is 2.65 bits per heavy atom. The van der Waals surface area contributed by atoms with E-state index in [9.17, 15) is 17.2 Å². The van der Waals surface area contributed by atoms with E-state index < -0.39 is 23.0 Å². The largest absolute Gasteiger partial charge is 0.313 e. The molecule has 0 aliphatic carbocycles. The van der Waals surface area contributed by atoms with E-state index in [4.69, 9.17) is 0 Å². The molecule has 0 unspecified atom stereocenters. The number of rotatable bonds is 8. The summed E-state index contributed by atoms with van der Waals surface area (Å²) in [6, 6.07) is 6.35. The third kappa shape index (κ3) is 4.81. The Hall–Kier alpha value is -1.05. The summed E-state index contributed by atoms with van der Waals surface area (Å²) in [4.78, 5) is 0.0384. The fourth-order valence-electron chi connectivity index (χ4n) is 1.70. The molecule has 0 amide bonds. The van der Waals surface area contributed by atoms with Gasteiger partial charge in [0.05, 0.1) is 11.4 Å². The Morgan fingerprint density at radius 2 is 2.05 bits per heavy atom. The zero-order chi connectivity index (χ0) is 15.2. The lowest BCUT2D eigenvalue weighted by molar-refractivity contribution is 0.126. The van der Waals surface area contributed by atoms with Gasteiger partial charge in [-0.1, -0.05) is 19.1 Å². The molecule has 4 nitrogen and oxygen atoms in total. The predicted octanol–water partition coefficient (Wildman–Crippen LogP) is 2.07. The Kier molecular flexibility index (Phi) is 6.51. The van der Waals surface area contributed by atoms with Gasteiger partial charge in [0.25, 0.3) is 6.43 Å². The highest BCUT2D eigenvalue weighted by Crippen LogP contribution is 2.16. The summed E-state index contributed by atoms with van der Waals surface area (Å²) in [5.74, 6) is 0. The van der Waals surface area contributed by atoms with Crippen LogP contribution in [0.15, 0.2) is 29.2 Å². The molecule has 0 aliphatic rings. The number of hydrogen-bond donors (Lipinski definition) is 1. The molecule has 0 fully saturated rings. The fourth-order valence-corrected chi connectivity index (χ4v) is 2.92. The molecule has 0 saturated heterocycles. The lowest BCUT2D eigenvalue weighted by atomic mass is 10.2. The van der Waals surface area contributed by atoms with Crippen LogP contribution in [0.3, 0.4) is 0 Å². The summed E-state index contributed by atoms with van der Waals surface area (Å²) < 4.78 is 49.5. The van der Waals surface area contributed by atoms with Crippen LogP contribution >= 0.6 is 0 Å². The number of alkyl halides is 2. The van der Waals surface area contributed by atoms with Gasteiger partial charge >= 0.3 is 0 Å². The first-order chi connectivity index (χ1) is 9.37. The molecule has 0 spiro atoms. The molecule has 0 radical (unpaired) electrons. The van der Waals surface area contributed by atoms with Crippen LogP contribution in [0.25, 0.3) is 0 Å². The van der Waals surface area contributed by atoms with Gasteiger partial charge in [0.15, 0.2) is 0 Å². The third-order valence-electron chi connectivity index (χ3n) is 2.76. The standard InChI is InChI=1S/C13H20F2N2O2S/c1-3-7-16-9-11-5-4-6-12(8-11)20(18,19)17(2)10-13(14)15/h4-6,8,13,16H,3,7,9-10H2,1-2H3. The second-order valence-corrected chi connectivity index (χ2v) is 6.55. The summed E-state index contributed by atoms with van der Waals surface area (Å²) in [6.45, 7) is 2.62. The Bertz CT molecular complexity index is 521. The Labute approximate surface area is 118 Å². The van der Waals surface area contributed by atoms with Crippen molar-refractivity contribution in [3.63, 3.8) is 0 Å². The highest BCUT2D eigenvalue weighted by molar-refractivity contribution is 7.89. The van der Waals surface area contributed by atoms with Gasteiger partial charge in [0.2, 0.25) is 10.0 Å². The zero-order valence-electron chi connectivity index (χ0n) is 11.6. The summed E-state index contributed by atoms with van der Waals surface area (Å²) in [5, 5.41) is 3.16. The van der Waals surface area contributed by atoms with Gasteiger partial charge in [0.1, 0.15) is 0 Å². The topological polar surface area (TPSA) is 49.4 Å². The first-order valence-electron chi connectivity index (χ1n) is 6.42. The van der Waals surface area contributed by atoms with E-state index in [0.717, 1.165) is 25.6 Å². The number of benzene rings is 1. The van der Waals surface area contributed by atoms with Crippen LogP contribution in [0.1, 0.15) is 18.9 Å². The Morgan fingerprint density at radius 1 is 1.35 bits per heavy atom. The van der Waals surface area contributed by atoms with Crippen LogP contribution in [0, 0.1) is 0 Å². The monoisotopic (exact) mass is 306 g/mol. The van der Waals surface area contributed by atoms with E-state index in [0.29, 0.717) is 10.8 Å². The van der Waals surface area contributed by atoms with Crippen molar-refractivity contribution in [2.45, 2.75) is 31.2 Å². The first kappa shape index (κ1) is 17.0. The molecule has 0 aliphatic heterocycles. The van der Waals surface area contributed by atoms with Crippen molar-refractivity contribution >= 4 is 10.0 Å². The van der Waals surface area contributed by atoms with E-state index in [1.165, 1.54) is 12.1 Å². The smallest absolute Gasteiger partial charge is 0.252 e. The van der Waals surface area contributed by atoms with Crippen LogP contribution in [-0.4, -0.2) is 39.3 Å². The van der Waals surface area contributed by atoms with Crippen LogP contribution in [0.5, 0.6) is 0 Å². The van der Waals surface area contributed by atoms with Crippen molar-refractivity contribution in [2.75, 3.05) is 20.1 Å². The molecule has 0 saturated carbocycles. The van der Waals surface area contributed by atoms with Crippen molar-refractivity contribution in [3.05, 3.63) is 29.8 Å². The van der Waals surface area contributed by atoms with E-state index >= 15 is 0 Å². The molecule has 20 heavy (non-hydrogen) atoms. The quantitative estimate of drug-likeness (QED) is 0.748. The minimum absolute atomic E-state index is 0.0384. The summed E-state index contributed by atoms with van der Waals surface area (Å²) in [5.41, 5.74) is 0.810. The van der Waals surface area contributed by atoms with Crippen molar-refractivity contribution in [1.29, 1.82) is 0 Å². The van der Waals surface area contributed by atoms with Gasteiger partial charge in [-0.3, -0.25) is 0 Å². The van der Waals surface area contributed by atoms with Gasteiger partial charge in [-0.05, 0) is 30.7 Å². The highest BCUT2D eigenvalue weighted by Gasteiger charge is 2.23. The molecule has 1 N–H and O–H groups in total. The molecule has 114 valence electrons. The van der Waals surface area contributed by atoms with Crippen LogP contribution in [0.4, 0.5) is 8.78 Å². The van der Waals surface area contributed by atoms with Crippen molar-refractivity contribution < 1.29 is 17.2 Å². The van der Waals surface area contributed by atoms with Crippen LogP contribution in [-0.2, 0) is 16.6 Å². The average molecular weight is 306 g/mol. The molecule has 1 rings (SSSR count). The molecule has 1 aromatic carbocycles. The van der Waals surface area contributed by atoms with E-state index in [-0.39, 0.29) is 4.90 Å². The number of nitrogens with zero attached hydrogens (tertiary/aromatic N) is 1. The highest BCUT2D eigenvalue weighted by atomic mass is 32.2. The van der Waals surface area contributed by atoms with Gasteiger partial charge in [-0.25, -0.2) is 17.2 Å².